The van der Waals surface area contributed by atoms with E-state index in [4.69, 9.17) is 10.1 Å². The van der Waals surface area contributed by atoms with Crippen LogP contribution in [0.15, 0.2) is 64.1 Å². The standard InChI is InChI=1S/C24H20F3N3O4/c1-32-21(13-30-18-12-20-19(11-17(18)25)33-24(26,27)34-20)23(31)22(28)16-8-10-29-9-7-15(16)14-5-3-2-4-6-14/h2-6,8,10-13,15,21,28H,7,9H2,1H3. The highest BCUT2D eigenvalue weighted by Crippen LogP contribution is 2.44. The van der Waals surface area contributed by atoms with Gasteiger partial charge >= 0.3 is 6.29 Å². The first kappa shape index (κ1) is 23.4. The van der Waals surface area contributed by atoms with Gasteiger partial charge in [0.2, 0.25) is 5.78 Å². The van der Waals surface area contributed by atoms with Gasteiger partial charge in [-0.1, -0.05) is 30.3 Å². The van der Waals surface area contributed by atoms with Crippen LogP contribution in [0.4, 0.5) is 18.9 Å². The Bertz CT molecular complexity index is 1200. The van der Waals surface area contributed by atoms with Crippen LogP contribution in [0.3, 0.4) is 0 Å². The zero-order chi connectivity index (χ0) is 24.3. The third-order valence-corrected chi connectivity index (χ3v) is 5.35. The summed E-state index contributed by atoms with van der Waals surface area (Å²) in [5.74, 6) is -2.72. The lowest BCUT2D eigenvalue weighted by molar-refractivity contribution is -0.286. The van der Waals surface area contributed by atoms with E-state index >= 15 is 0 Å². The third kappa shape index (κ3) is 4.91. The minimum atomic E-state index is -3.90. The summed E-state index contributed by atoms with van der Waals surface area (Å²) >= 11 is 0. The zero-order valence-electron chi connectivity index (χ0n) is 18.0. The maximum atomic E-state index is 14.3. The van der Waals surface area contributed by atoms with Gasteiger partial charge in [0.05, 0.1) is 0 Å². The first-order valence-corrected chi connectivity index (χ1v) is 10.3. The van der Waals surface area contributed by atoms with Crippen molar-refractivity contribution in [1.29, 1.82) is 5.41 Å². The number of carbonyl (C=O) groups is 1. The highest BCUT2D eigenvalue weighted by atomic mass is 19.3. The van der Waals surface area contributed by atoms with Crippen molar-refractivity contribution in [2.75, 3.05) is 13.7 Å². The second-order valence-corrected chi connectivity index (χ2v) is 7.52. The van der Waals surface area contributed by atoms with Gasteiger partial charge in [0, 0.05) is 44.1 Å². The fraction of sp³-hybridized carbons (Fsp3) is 0.250. The second-order valence-electron chi connectivity index (χ2n) is 7.52. The molecule has 2 aromatic carbocycles. The molecule has 0 saturated carbocycles. The minimum Gasteiger partial charge on any atom is -0.395 e. The van der Waals surface area contributed by atoms with E-state index in [0.717, 1.165) is 17.8 Å². The summed E-state index contributed by atoms with van der Waals surface area (Å²) in [6.07, 6.45) is -0.391. The number of nitrogens with zero attached hydrogens (tertiary/aromatic N) is 2. The molecule has 1 N–H and O–H groups in total. The molecule has 2 aliphatic heterocycles. The maximum absolute atomic E-state index is 14.3. The number of allylic oxidation sites excluding steroid dienone is 2. The number of ether oxygens (including phenoxy) is 3. The summed E-state index contributed by atoms with van der Waals surface area (Å²) in [7, 11) is 1.25. The van der Waals surface area contributed by atoms with Crippen molar-refractivity contribution in [1.82, 2.24) is 0 Å². The normalized spacial score (nSPS) is 19.5. The van der Waals surface area contributed by atoms with E-state index in [2.05, 4.69) is 19.5 Å². The molecule has 0 aromatic heterocycles. The first-order valence-electron chi connectivity index (χ1n) is 10.3. The molecule has 0 fully saturated rings. The van der Waals surface area contributed by atoms with Crippen molar-refractivity contribution in [2.24, 2.45) is 9.98 Å². The Morgan fingerprint density at radius 2 is 1.97 bits per heavy atom. The highest BCUT2D eigenvalue weighted by Gasteiger charge is 2.44. The molecule has 0 saturated heterocycles. The minimum absolute atomic E-state index is 0.220. The van der Waals surface area contributed by atoms with E-state index in [9.17, 15) is 18.0 Å². The predicted octanol–water partition coefficient (Wildman–Crippen LogP) is 4.64. The quantitative estimate of drug-likeness (QED) is 0.596. The average Bonchev–Trinajstić information content (AvgIpc) is 2.97. The Hall–Kier alpha value is -3.79. The van der Waals surface area contributed by atoms with Gasteiger partial charge in [-0.3, -0.25) is 20.2 Å². The number of methoxy groups -OCH3 is 1. The summed E-state index contributed by atoms with van der Waals surface area (Å²) in [5.41, 5.74) is 0.777. The first-order chi connectivity index (χ1) is 16.3. The summed E-state index contributed by atoms with van der Waals surface area (Å²) in [4.78, 5) is 21.2. The van der Waals surface area contributed by atoms with Crippen molar-refractivity contribution in [2.45, 2.75) is 24.7 Å². The van der Waals surface area contributed by atoms with Gasteiger partial charge in [-0.25, -0.2) is 4.39 Å². The predicted molar refractivity (Wildman–Crippen MR) is 120 cm³/mol. The molecule has 0 radical (unpaired) electrons. The fourth-order valence-corrected chi connectivity index (χ4v) is 3.70. The van der Waals surface area contributed by atoms with E-state index in [0.29, 0.717) is 24.6 Å². The summed E-state index contributed by atoms with van der Waals surface area (Å²) < 4.78 is 54.4. The molecule has 2 heterocycles. The van der Waals surface area contributed by atoms with Crippen molar-refractivity contribution in [3.63, 3.8) is 0 Å². The van der Waals surface area contributed by atoms with Crippen LogP contribution < -0.4 is 9.47 Å². The molecule has 34 heavy (non-hydrogen) atoms. The molecular formula is C24H20F3N3O4. The molecule has 10 heteroatoms. The summed E-state index contributed by atoms with van der Waals surface area (Å²) in [5, 5.41) is 8.55. The molecule has 4 rings (SSSR count). The fourth-order valence-electron chi connectivity index (χ4n) is 3.70. The molecule has 0 aliphatic carbocycles. The van der Waals surface area contributed by atoms with Crippen LogP contribution in [-0.2, 0) is 9.53 Å². The number of benzene rings is 2. The number of Topliss-reactive ketones (excluding diaryl/α,β-unsaturated/α-hetero) is 1. The van der Waals surface area contributed by atoms with Gasteiger partial charge in [0.25, 0.3) is 0 Å². The van der Waals surface area contributed by atoms with Gasteiger partial charge in [0.15, 0.2) is 23.4 Å². The number of fused-ring (bicyclic) bond motifs is 1. The van der Waals surface area contributed by atoms with Gasteiger partial charge in [-0.05, 0) is 23.6 Å². The van der Waals surface area contributed by atoms with E-state index < -0.39 is 29.7 Å². The highest BCUT2D eigenvalue weighted by molar-refractivity contribution is 6.49. The van der Waals surface area contributed by atoms with Crippen LogP contribution in [0.2, 0.25) is 0 Å². The number of nitrogens with one attached hydrogen (secondary N) is 1. The molecule has 2 aliphatic rings. The smallest absolute Gasteiger partial charge is 0.395 e. The van der Waals surface area contributed by atoms with Crippen molar-refractivity contribution in [3.8, 4) is 11.5 Å². The van der Waals surface area contributed by atoms with Crippen molar-refractivity contribution in [3.05, 3.63) is 65.5 Å². The SMILES string of the molecule is COC(C=Nc1cc2c(cc1F)OC(F)(F)O2)C(=O)C(=N)C1=CC=NCCC1c1ccccc1. The topological polar surface area (TPSA) is 93.3 Å². The average molecular weight is 471 g/mol. The van der Waals surface area contributed by atoms with Crippen LogP contribution in [0, 0.1) is 11.2 Å². The molecule has 7 nitrogen and oxygen atoms in total. The molecule has 2 unspecified atom stereocenters. The Kier molecular flexibility index (Phi) is 6.60. The molecule has 2 atom stereocenters. The number of rotatable bonds is 7. The lowest BCUT2D eigenvalue weighted by atomic mass is 9.84. The Balaban J connectivity index is 1.56. The Morgan fingerprint density at radius 1 is 1.26 bits per heavy atom. The van der Waals surface area contributed by atoms with Gasteiger partial charge in [-0.2, -0.15) is 0 Å². The van der Waals surface area contributed by atoms with Crippen molar-refractivity contribution < 1.29 is 32.2 Å². The number of carbonyl (C=O) groups excluding carboxylic acids is 1. The molecule has 2 aromatic rings. The number of ketones is 1. The zero-order valence-corrected chi connectivity index (χ0v) is 18.0. The van der Waals surface area contributed by atoms with Gasteiger partial charge < -0.3 is 14.2 Å². The van der Waals surface area contributed by atoms with E-state index in [1.54, 1.807) is 12.3 Å². The third-order valence-electron chi connectivity index (χ3n) is 5.35. The molecule has 176 valence electrons. The van der Waals surface area contributed by atoms with Crippen LogP contribution in [0.5, 0.6) is 11.5 Å². The maximum Gasteiger partial charge on any atom is 0.586 e. The Labute approximate surface area is 193 Å². The number of hydrogen-bond donors (Lipinski definition) is 1. The largest absolute Gasteiger partial charge is 0.586 e. The van der Waals surface area contributed by atoms with E-state index in [1.165, 1.54) is 7.11 Å². The molecule has 0 spiro atoms. The summed E-state index contributed by atoms with van der Waals surface area (Å²) in [6.45, 7) is 0.540. The molecule has 0 bridgehead atoms. The number of alkyl halides is 2. The van der Waals surface area contributed by atoms with Crippen LogP contribution in [-0.4, -0.2) is 50.0 Å². The van der Waals surface area contributed by atoms with E-state index in [-0.39, 0.29) is 23.1 Å². The molecule has 0 amide bonds. The Morgan fingerprint density at radius 3 is 2.68 bits per heavy atom. The van der Waals surface area contributed by atoms with Gasteiger partial charge in [0.1, 0.15) is 11.4 Å². The second kappa shape index (κ2) is 9.60. The number of hydrogen-bond acceptors (Lipinski definition) is 7. The monoisotopic (exact) mass is 471 g/mol. The molecular weight excluding hydrogens is 451 g/mol. The van der Waals surface area contributed by atoms with Crippen LogP contribution in [0.1, 0.15) is 17.9 Å². The number of aliphatic imine (C=N–C) groups is 2. The van der Waals surface area contributed by atoms with Crippen molar-refractivity contribution >= 4 is 29.6 Å². The number of halogens is 3. The van der Waals surface area contributed by atoms with Gasteiger partial charge in [-0.15, -0.1) is 8.78 Å². The summed E-state index contributed by atoms with van der Waals surface area (Å²) in [6, 6.07) is 11.1. The van der Waals surface area contributed by atoms with Crippen LogP contribution in [0.25, 0.3) is 0 Å². The lowest BCUT2D eigenvalue weighted by Crippen LogP contribution is -2.33. The van der Waals surface area contributed by atoms with E-state index in [1.807, 2.05) is 30.3 Å². The lowest BCUT2D eigenvalue weighted by Gasteiger charge is -2.20. The van der Waals surface area contributed by atoms with Crippen LogP contribution >= 0.6 is 0 Å².